The van der Waals surface area contributed by atoms with Crippen LogP contribution in [-0.2, 0) is 7.05 Å². The van der Waals surface area contributed by atoms with Crippen LogP contribution in [0.4, 0.5) is 5.88 Å². The number of hydrogen-bond acceptors (Lipinski definition) is 10. The average Bonchev–Trinajstić information content (AvgIpc) is 4.18. The monoisotopic (exact) mass is 1070 g/mol. The van der Waals surface area contributed by atoms with Crippen LogP contribution in [0.3, 0.4) is 0 Å². The lowest BCUT2D eigenvalue weighted by atomic mass is 10.1. The Hall–Kier alpha value is -6.76. The smallest absolute Gasteiger partial charge is 0.436 e. The van der Waals surface area contributed by atoms with Crippen molar-refractivity contribution < 1.29 is 13.8 Å². The Morgan fingerprint density at radius 2 is 1.04 bits per heavy atom. The van der Waals surface area contributed by atoms with Gasteiger partial charge in [0.1, 0.15) is 28.0 Å². The Morgan fingerprint density at radius 3 is 1.29 bits per heavy atom. The summed E-state index contributed by atoms with van der Waals surface area (Å²) in [7, 11) is 2.06. The van der Waals surface area contributed by atoms with Gasteiger partial charge in [0, 0.05) is 68.7 Å². The number of benzene rings is 1. The second-order valence-electron chi connectivity index (χ2n) is 19.5. The molecule has 0 unspecified atom stereocenters. The zero-order valence-electron chi connectivity index (χ0n) is 50.1. The summed E-state index contributed by atoms with van der Waals surface area (Å²) in [5.74, 6) is 3.74. The fourth-order valence-electron chi connectivity index (χ4n) is 6.65. The van der Waals surface area contributed by atoms with Gasteiger partial charge in [-0.3, -0.25) is 20.1 Å². The first-order valence-electron chi connectivity index (χ1n) is 25.5. The number of pyridine rings is 2. The minimum Gasteiger partial charge on any atom is -0.467 e. The third-order valence-electron chi connectivity index (χ3n) is 11.0. The summed E-state index contributed by atoms with van der Waals surface area (Å²) in [5.41, 5.74) is 16.8. The summed E-state index contributed by atoms with van der Waals surface area (Å²) in [6.07, 6.45) is 5.88. The average molecular weight is 1070 g/mol. The quantitative estimate of drug-likeness (QED) is 0.124. The summed E-state index contributed by atoms with van der Waals surface area (Å²) >= 11 is 3.65. The van der Waals surface area contributed by atoms with Crippen LogP contribution in [0.2, 0.25) is 0 Å². The molecule has 9 rings (SSSR count). The van der Waals surface area contributed by atoms with Crippen LogP contribution in [0, 0.1) is 149 Å². The van der Waals surface area contributed by atoms with Crippen molar-refractivity contribution in [2.45, 2.75) is 158 Å². The Morgan fingerprint density at radius 1 is 0.513 bits per heavy atom. The van der Waals surface area contributed by atoms with E-state index in [-0.39, 0.29) is 5.88 Å². The van der Waals surface area contributed by atoms with Crippen LogP contribution in [0.25, 0.3) is 0 Å². The molecule has 1 aromatic carbocycles. The molecule has 0 N–H and O–H groups in total. The lowest BCUT2D eigenvalue weighted by Gasteiger charge is -2.07. The third kappa shape index (κ3) is 28.8. The van der Waals surface area contributed by atoms with Gasteiger partial charge in [-0.2, -0.15) is 0 Å². The van der Waals surface area contributed by atoms with E-state index in [1.807, 2.05) is 90.4 Å². The van der Waals surface area contributed by atoms with Crippen molar-refractivity contribution >= 4 is 28.6 Å². The molecule has 0 atom stereocenters. The first-order chi connectivity index (χ1) is 35.5. The number of hydrogen-bond donors (Lipinski definition) is 0. The highest BCUT2D eigenvalue weighted by Gasteiger charge is 2.15. The fraction of sp³-hybridized carbons (Fsp3) is 0.375. The van der Waals surface area contributed by atoms with Crippen LogP contribution < -0.4 is 0 Å². The molecule has 0 saturated carbocycles. The van der Waals surface area contributed by atoms with E-state index in [1.54, 1.807) is 31.3 Å². The van der Waals surface area contributed by atoms with Crippen molar-refractivity contribution in [3.8, 4) is 0 Å². The van der Waals surface area contributed by atoms with Gasteiger partial charge in [0.05, 0.1) is 5.56 Å². The molecule has 8 heterocycles. The van der Waals surface area contributed by atoms with Crippen LogP contribution in [0.5, 0.6) is 0 Å². The van der Waals surface area contributed by atoms with Gasteiger partial charge in [0.2, 0.25) is 0 Å². The Balaban J connectivity index is 0.000000429. The van der Waals surface area contributed by atoms with Gasteiger partial charge in [-0.15, -0.1) is 22.7 Å². The van der Waals surface area contributed by atoms with Crippen molar-refractivity contribution in [3.63, 3.8) is 0 Å². The van der Waals surface area contributed by atoms with Crippen LogP contribution in [0.15, 0.2) is 118 Å². The molecule has 0 aliphatic rings. The lowest BCUT2D eigenvalue weighted by Crippen LogP contribution is -2.00. The molecule has 8 aromatic heterocycles. The Labute approximate surface area is 465 Å². The van der Waals surface area contributed by atoms with E-state index in [4.69, 9.17) is 8.83 Å². The van der Waals surface area contributed by atoms with Gasteiger partial charge < -0.3 is 13.4 Å². The lowest BCUT2D eigenvalue weighted by molar-refractivity contribution is -0.402. The van der Waals surface area contributed by atoms with E-state index in [2.05, 4.69) is 194 Å². The molecule has 12 heteroatoms. The maximum Gasteiger partial charge on any atom is 0.436 e. The van der Waals surface area contributed by atoms with Crippen LogP contribution in [0.1, 0.15) is 136 Å². The maximum absolute atomic E-state index is 10.1. The van der Waals surface area contributed by atoms with E-state index in [0.29, 0.717) is 17.2 Å². The molecule has 0 saturated heterocycles. The molecule has 0 bridgehead atoms. The molecule has 0 radical (unpaired) electrons. The second kappa shape index (κ2) is 34.7. The summed E-state index contributed by atoms with van der Waals surface area (Å²) < 4.78 is 12.0. The van der Waals surface area contributed by atoms with Crippen molar-refractivity contribution in [1.82, 2.24) is 24.5 Å². The Bertz CT molecular complexity index is 2760. The predicted molar refractivity (Wildman–Crippen MR) is 324 cm³/mol. The van der Waals surface area contributed by atoms with Crippen molar-refractivity contribution in [1.29, 1.82) is 0 Å². The molecule has 0 amide bonds. The fourth-order valence-corrected chi connectivity index (χ4v) is 8.12. The van der Waals surface area contributed by atoms with E-state index >= 15 is 0 Å². The molecule has 410 valence electrons. The molecule has 9 aromatic rings. The molecule has 0 aliphatic carbocycles. The van der Waals surface area contributed by atoms with Gasteiger partial charge >= 0.3 is 5.88 Å². The molecule has 0 spiro atoms. The number of rotatable bonds is 2. The highest BCUT2D eigenvalue weighted by Crippen LogP contribution is 2.21. The topological polar surface area (TPSA) is 126 Å². The highest BCUT2D eigenvalue weighted by molar-refractivity contribution is 7.11. The number of aromatic nitrogens is 5. The first-order valence-corrected chi connectivity index (χ1v) is 27.2. The number of nitrogens with zero attached hydrogens (tertiary/aromatic N) is 6. The largest absolute Gasteiger partial charge is 0.467 e. The molecule has 10 nitrogen and oxygen atoms in total. The number of thiophene rings is 2. The van der Waals surface area contributed by atoms with Crippen molar-refractivity contribution in [2.75, 3.05) is 0 Å². The zero-order chi connectivity index (χ0) is 57.8. The van der Waals surface area contributed by atoms with Gasteiger partial charge in [0.25, 0.3) is 0 Å². The van der Waals surface area contributed by atoms with Crippen LogP contribution >= 0.6 is 22.7 Å². The van der Waals surface area contributed by atoms with Gasteiger partial charge in [0.15, 0.2) is 0 Å². The van der Waals surface area contributed by atoms with Gasteiger partial charge in [-0.25, -0.2) is 9.97 Å². The number of nitro groups is 1. The first kappa shape index (κ1) is 67.3. The minimum absolute atomic E-state index is 0.155. The summed E-state index contributed by atoms with van der Waals surface area (Å²) in [4.78, 5) is 30.7. The van der Waals surface area contributed by atoms with Crippen molar-refractivity contribution in [2.24, 2.45) is 7.05 Å². The summed E-state index contributed by atoms with van der Waals surface area (Å²) in [6.45, 7) is 44.6. The summed E-state index contributed by atoms with van der Waals surface area (Å²) in [6, 6.07) is 28.9. The zero-order valence-corrected chi connectivity index (χ0v) is 51.7. The van der Waals surface area contributed by atoms with Gasteiger partial charge in [-0.05, 0) is 232 Å². The molecule has 0 aliphatic heterocycles. The second-order valence-corrected chi connectivity index (χ2v) is 22.1. The van der Waals surface area contributed by atoms with Crippen molar-refractivity contribution in [3.05, 3.63) is 235 Å². The predicted octanol–water partition coefficient (Wildman–Crippen LogP) is 18.6. The maximum atomic E-state index is 10.1. The molecule has 76 heavy (non-hydrogen) atoms. The highest BCUT2D eigenvalue weighted by atomic mass is 32.1. The van der Waals surface area contributed by atoms with E-state index in [9.17, 15) is 10.1 Å². The molecule has 0 fully saturated rings. The molecular formula is C64H88N6O4S2. The normalized spacial score (nSPS) is 9.74. The molecular weight excluding hydrogens is 981 g/mol. The standard InChI is InChI=1S/C9H14N2.C9H13N.C8H10.C7H11N.C7H9N.C6H7NO3.C6H8O.2C6H8S/c1-6(2)9-7(3)5-10-8(4)11-9;1-6-5-7(2)9(4)10-8(6)3;1-7-3-5-8(2)6-4-7;1-6-4-7(2)8(3)5-6;1-6-3-4-7(2)8-5-6;1-4-3-5(2)10-6(4)7(8)9;1-5-3-4-6(2)7-5;1-5-3-6(2)7-4-5;1-5-3-4-6(2)7-5/h5-6H,1-4H3;5H,1-4H3;3-6H,1-2H3;4-5H,1-3H3;3-5H,1-2H3;3H,1-2H3;3*3-4H,1-2H3. The van der Waals surface area contributed by atoms with Crippen LogP contribution in [-0.4, -0.2) is 29.4 Å². The summed E-state index contributed by atoms with van der Waals surface area (Å²) in [5, 5.41) is 12.3. The number of furan rings is 2. The minimum atomic E-state index is -0.525. The Kier molecular flexibility index (Phi) is 30.7. The number of aryl methyl sites for hydroxylation is 21. The van der Waals surface area contributed by atoms with E-state index in [1.165, 1.54) is 64.8 Å². The third-order valence-corrected chi connectivity index (χ3v) is 12.9. The van der Waals surface area contributed by atoms with E-state index < -0.39 is 4.92 Å². The SMILES string of the molecule is Cc1cc(C)c(C)nc1C.Cc1cc(C)c([N+](=O)[O-])o1.Cc1cc(C)n(C)c1.Cc1ccc(C)cc1.Cc1ccc(C)nc1.Cc1ccc(C)o1.Cc1ccc(C)s1.Cc1csc(C)c1.Cc1ncc(C)c(C(C)C)n1. The van der Waals surface area contributed by atoms with E-state index in [0.717, 1.165) is 40.1 Å². The van der Waals surface area contributed by atoms with Gasteiger partial charge in [-0.1, -0.05) is 61.4 Å².